The largest absolute Gasteiger partial charge is 0.385 e. The Morgan fingerprint density at radius 2 is 1.90 bits per heavy atom. The Hall–Kier alpha value is -1.00. The molecule has 1 aromatic carbocycles. The minimum Gasteiger partial charge on any atom is -0.385 e. The molecule has 0 saturated heterocycles. The number of ether oxygens (including phenoxy) is 1. The number of aryl methyl sites for hydroxylation is 1. The second kappa shape index (κ2) is 6.19. The minimum atomic E-state index is -1.26. The van der Waals surface area contributed by atoms with E-state index in [0.29, 0.717) is 25.0 Å². The Kier molecular flexibility index (Phi) is 4.76. The van der Waals surface area contributed by atoms with Gasteiger partial charge in [0.2, 0.25) is 0 Å². The van der Waals surface area contributed by atoms with Crippen LogP contribution >= 0.6 is 0 Å². The molecular weight excluding hydrogens is 262 g/mol. The van der Waals surface area contributed by atoms with Gasteiger partial charge >= 0.3 is 0 Å². The van der Waals surface area contributed by atoms with Gasteiger partial charge in [0.1, 0.15) is 17.7 Å². The Bertz CT molecular complexity index is 462. The van der Waals surface area contributed by atoms with E-state index in [2.05, 4.69) is 0 Å². The van der Waals surface area contributed by atoms with E-state index in [9.17, 15) is 13.9 Å². The molecule has 112 valence electrons. The van der Waals surface area contributed by atoms with Gasteiger partial charge in [-0.2, -0.15) is 0 Å². The van der Waals surface area contributed by atoms with E-state index in [1.165, 1.54) is 12.1 Å². The molecule has 0 heterocycles. The average molecular weight is 284 g/mol. The number of rotatable bonds is 4. The van der Waals surface area contributed by atoms with Gasteiger partial charge in [-0.15, -0.1) is 0 Å². The second-order valence-corrected chi connectivity index (χ2v) is 5.55. The summed E-state index contributed by atoms with van der Waals surface area (Å²) in [6, 6.07) is 2.59. The molecule has 0 radical (unpaired) electrons. The van der Waals surface area contributed by atoms with Crippen LogP contribution < -0.4 is 0 Å². The molecule has 0 aliphatic heterocycles. The van der Waals surface area contributed by atoms with Gasteiger partial charge in [0.15, 0.2) is 0 Å². The van der Waals surface area contributed by atoms with Crippen LogP contribution in [0.2, 0.25) is 0 Å². The first-order chi connectivity index (χ1) is 9.52. The molecule has 1 aliphatic rings. The molecule has 1 aliphatic carbocycles. The zero-order chi connectivity index (χ0) is 14.8. The van der Waals surface area contributed by atoms with E-state index in [-0.39, 0.29) is 5.56 Å². The molecule has 0 amide bonds. The summed E-state index contributed by atoms with van der Waals surface area (Å²) in [7, 11) is 0. The maximum absolute atomic E-state index is 14.2. The van der Waals surface area contributed by atoms with Crippen molar-refractivity contribution in [3.8, 4) is 0 Å². The van der Waals surface area contributed by atoms with Crippen LogP contribution in [0.4, 0.5) is 8.78 Å². The van der Waals surface area contributed by atoms with E-state index in [4.69, 9.17) is 4.74 Å². The number of aliphatic hydroxyl groups is 1. The fraction of sp³-hybridized carbons (Fsp3) is 0.625. The number of aliphatic hydroxyl groups excluding tert-OH is 1. The minimum absolute atomic E-state index is 0.250. The lowest BCUT2D eigenvalue weighted by Crippen LogP contribution is -2.42. The van der Waals surface area contributed by atoms with E-state index in [1.807, 2.05) is 6.92 Å². The van der Waals surface area contributed by atoms with Crippen molar-refractivity contribution in [2.45, 2.75) is 57.7 Å². The van der Waals surface area contributed by atoms with Crippen LogP contribution in [0, 0.1) is 18.6 Å². The van der Waals surface area contributed by atoms with Gasteiger partial charge in [-0.1, -0.05) is 25.3 Å². The van der Waals surface area contributed by atoms with Crippen LogP contribution in [0.1, 0.15) is 56.3 Å². The molecule has 4 heteroatoms. The SMILES string of the molecule is CCOC1(C(O)c2c(F)ccc(C)c2F)CCCCC1. The molecule has 2 rings (SSSR count). The average Bonchev–Trinajstić information content (AvgIpc) is 2.44. The molecule has 1 atom stereocenters. The smallest absolute Gasteiger partial charge is 0.134 e. The van der Waals surface area contributed by atoms with Crippen molar-refractivity contribution < 1.29 is 18.6 Å². The van der Waals surface area contributed by atoms with E-state index >= 15 is 0 Å². The third kappa shape index (κ3) is 2.72. The third-order valence-electron chi connectivity index (χ3n) is 4.22. The van der Waals surface area contributed by atoms with E-state index in [1.54, 1.807) is 6.92 Å². The number of benzene rings is 1. The van der Waals surface area contributed by atoms with Crippen LogP contribution in [-0.4, -0.2) is 17.3 Å². The topological polar surface area (TPSA) is 29.5 Å². The summed E-state index contributed by atoms with van der Waals surface area (Å²) in [5.41, 5.74) is -0.772. The van der Waals surface area contributed by atoms with Crippen molar-refractivity contribution in [1.82, 2.24) is 0 Å². The van der Waals surface area contributed by atoms with E-state index in [0.717, 1.165) is 19.3 Å². The van der Waals surface area contributed by atoms with Crippen LogP contribution in [0.5, 0.6) is 0 Å². The van der Waals surface area contributed by atoms with Crippen molar-refractivity contribution in [1.29, 1.82) is 0 Å². The Morgan fingerprint density at radius 3 is 2.50 bits per heavy atom. The first-order valence-electron chi connectivity index (χ1n) is 7.28. The molecule has 1 aromatic rings. The summed E-state index contributed by atoms with van der Waals surface area (Å²) in [4.78, 5) is 0. The van der Waals surface area contributed by atoms with E-state index < -0.39 is 23.3 Å². The molecule has 1 fully saturated rings. The lowest BCUT2D eigenvalue weighted by molar-refractivity contribution is -0.143. The summed E-state index contributed by atoms with van der Waals surface area (Å²) >= 11 is 0. The Labute approximate surface area is 118 Å². The Morgan fingerprint density at radius 1 is 1.25 bits per heavy atom. The third-order valence-corrected chi connectivity index (χ3v) is 4.22. The van der Waals surface area contributed by atoms with Gasteiger partial charge in [0, 0.05) is 6.61 Å². The maximum atomic E-state index is 14.2. The quantitative estimate of drug-likeness (QED) is 0.904. The second-order valence-electron chi connectivity index (χ2n) is 5.55. The molecule has 1 saturated carbocycles. The number of hydrogen-bond donors (Lipinski definition) is 1. The zero-order valence-corrected chi connectivity index (χ0v) is 12.1. The molecule has 1 N–H and O–H groups in total. The normalized spacial score (nSPS) is 19.9. The van der Waals surface area contributed by atoms with Crippen molar-refractivity contribution in [2.75, 3.05) is 6.61 Å². The highest BCUT2D eigenvalue weighted by molar-refractivity contribution is 5.30. The fourth-order valence-corrected chi connectivity index (χ4v) is 3.13. The van der Waals surface area contributed by atoms with Crippen molar-refractivity contribution in [3.63, 3.8) is 0 Å². The highest BCUT2D eigenvalue weighted by Crippen LogP contribution is 2.43. The number of hydrogen-bond acceptors (Lipinski definition) is 2. The van der Waals surface area contributed by atoms with Gasteiger partial charge < -0.3 is 9.84 Å². The Balaban J connectivity index is 2.42. The molecule has 0 aromatic heterocycles. The van der Waals surface area contributed by atoms with Crippen LogP contribution in [-0.2, 0) is 4.74 Å². The lowest BCUT2D eigenvalue weighted by Gasteiger charge is -2.41. The van der Waals surface area contributed by atoms with Crippen molar-refractivity contribution in [2.24, 2.45) is 0 Å². The molecular formula is C16H22F2O2. The monoisotopic (exact) mass is 284 g/mol. The standard InChI is InChI=1S/C16H22F2O2/c1-3-20-16(9-5-4-6-10-16)15(19)13-12(17)8-7-11(2)14(13)18/h7-8,15,19H,3-6,9-10H2,1-2H3. The highest BCUT2D eigenvalue weighted by atomic mass is 19.1. The van der Waals surface area contributed by atoms with Gasteiger partial charge in [-0.3, -0.25) is 0 Å². The first kappa shape index (κ1) is 15.4. The fourth-order valence-electron chi connectivity index (χ4n) is 3.13. The van der Waals surface area contributed by atoms with Crippen LogP contribution in [0.25, 0.3) is 0 Å². The van der Waals surface area contributed by atoms with Gasteiger partial charge in [-0.05, 0) is 38.3 Å². The van der Waals surface area contributed by atoms with Crippen molar-refractivity contribution in [3.05, 3.63) is 34.9 Å². The summed E-state index contributed by atoms with van der Waals surface area (Å²) in [5.74, 6) is -1.37. The predicted octanol–water partition coefficient (Wildman–Crippen LogP) is 4.05. The summed E-state index contributed by atoms with van der Waals surface area (Å²) < 4.78 is 34.0. The summed E-state index contributed by atoms with van der Waals surface area (Å²) in [5, 5.41) is 10.6. The van der Waals surface area contributed by atoms with Crippen LogP contribution in [0.15, 0.2) is 12.1 Å². The maximum Gasteiger partial charge on any atom is 0.134 e. The molecule has 0 bridgehead atoms. The number of halogens is 2. The van der Waals surface area contributed by atoms with Gasteiger partial charge in [-0.25, -0.2) is 8.78 Å². The molecule has 0 spiro atoms. The van der Waals surface area contributed by atoms with Gasteiger partial charge in [0.05, 0.1) is 11.2 Å². The highest BCUT2D eigenvalue weighted by Gasteiger charge is 2.43. The molecule has 1 unspecified atom stereocenters. The predicted molar refractivity (Wildman–Crippen MR) is 73.5 cm³/mol. The zero-order valence-electron chi connectivity index (χ0n) is 12.1. The molecule has 20 heavy (non-hydrogen) atoms. The summed E-state index contributed by atoms with van der Waals surface area (Å²) in [6.07, 6.45) is 2.89. The van der Waals surface area contributed by atoms with Crippen molar-refractivity contribution >= 4 is 0 Å². The first-order valence-corrected chi connectivity index (χ1v) is 7.28. The lowest BCUT2D eigenvalue weighted by atomic mass is 9.77. The van der Waals surface area contributed by atoms with Crippen LogP contribution in [0.3, 0.4) is 0 Å². The van der Waals surface area contributed by atoms with Gasteiger partial charge in [0.25, 0.3) is 0 Å². The molecule has 2 nitrogen and oxygen atoms in total. The summed E-state index contributed by atoms with van der Waals surface area (Å²) in [6.45, 7) is 3.83.